The van der Waals surface area contributed by atoms with Gasteiger partial charge in [-0.2, -0.15) is 0 Å². The summed E-state index contributed by atoms with van der Waals surface area (Å²) in [6, 6.07) is 0. The molecule has 0 aromatic rings. The maximum Gasteiger partial charge on any atom is 1.00 e. The molecular weight excluding hydrogens is 298 g/mol. The molecule has 0 saturated carbocycles. The van der Waals surface area contributed by atoms with Crippen molar-refractivity contribution in [1.29, 1.82) is 0 Å². The number of nitrogens with zero attached hydrogens (tertiary/aromatic N) is 2. The molecule has 0 atom stereocenters. The second-order valence-corrected chi connectivity index (χ2v) is 7.25. The van der Waals surface area contributed by atoms with Crippen molar-refractivity contribution >= 4 is 20.2 Å². The molecule has 1 saturated heterocycles. The number of hydrogen-bond acceptors (Lipinski definition) is 8. The van der Waals surface area contributed by atoms with E-state index in [2.05, 4.69) is 0 Å². The van der Waals surface area contributed by atoms with E-state index >= 15 is 0 Å². The van der Waals surface area contributed by atoms with E-state index in [4.69, 9.17) is 0 Å². The van der Waals surface area contributed by atoms with Crippen molar-refractivity contribution < 1.29 is 63.7 Å². The van der Waals surface area contributed by atoms with Crippen molar-refractivity contribution in [1.82, 2.24) is 9.80 Å². The molecule has 0 bridgehead atoms. The zero-order valence-corrected chi connectivity index (χ0v) is 13.5. The Bertz CT molecular complexity index is 417. The molecule has 12 heteroatoms. The first kappa shape index (κ1) is 23.2. The normalized spacial score (nSPS) is 18.1. The molecule has 0 aromatic carbocycles. The van der Waals surface area contributed by atoms with Crippen LogP contribution in [0.15, 0.2) is 0 Å². The van der Waals surface area contributed by atoms with E-state index < -0.39 is 31.7 Å². The summed E-state index contributed by atoms with van der Waals surface area (Å²) in [5.74, 6) is -0.829. The van der Waals surface area contributed by atoms with Crippen LogP contribution >= 0.6 is 0 Å². The molecule has 0 aliphatic carbocycles. The van der Waals surface area contributed by atoms with E-state index in [1.807, 2.05) is 9.80 Å². The summed E-state index contributed by atoms with van der Waals surface area (Å²) in [4.78, 5) is 3.66. The van der Waals surface area contributed by atoms with Crippen molar-refractivity contribution in [2.45, 2.75) is 0 Å². The minimum Gasteiger partial charge on any atom is -0.748 e. The van der Waals surface area contributed by atoms with Crippen LogP contribution in [-0.2, 0) is 20.2 Å². The minimum absolute atomic E-state index is 0. The molecule has 1 fully saturated rings. The van der Waals surface area contributed by atoms with E-state index in [0.717, 1.165) is 0 Å². The van der Waals surface area contributed by atoms with E-state index in [9.17, 15) is 25.9 Å². The Balaban J connectivity index is 0. The van der Waals surface area contributed by atoms with Crippen molar-refractivity contribution in [2.75, 3.05) is 50.8 Å². The largest absolute Gasteiger partial charge is 1.00 e. The molecule has 8 nitrogen and oxygen atoms in total. The molecule has 1 heterocycles. The van der Waals surface area contributed by atoms with Gasteiger partial charge in [-0.3, -0.25) is 9.80 Å². The van der Waals surface area contributed by atoms with Crippen LogP contribution in [0.1, 0.15) is 0 Å². The average molecular weight is 314 g/mol. The fraction of sp³-hybridized carbons (Fsp3) is 1.00. The number of hydrogen-bond donors (Lipinski definition) is 0. The van der Waals surface area contributed by atoms with Gasteiger partial charge in [-0.05, 0) is 0 Å². The monoisotopic (exact) mass is 314 g/mol. The van der Waals surface area contributed by atoms with Crippen LogP contribution in [0.5, 0.6) is 0 Å². The van der Waals surface area contributed by atoms with Crippen molar-refractivity contribution in [3.63, 3.8) is 0 Å². The Morgan fingerprint density at radius 1 is 0.700 bits per heavy atom. The molecule has 0 spiro atoms. The van der Waals surface area contributed by atoms with Crippen molar-refractivity contribution in [3.8, 4) is 0 Å². The van der Waals surface area contributed by atoms with Gasteiger partial charge in [-0.15, -0.1) is 0 Å². The maximum atomic E-state index is 10.5. The zero-order chi connectivity index (χ0) is 13.8. The predicted octanol–water partition coefficient (Wildman–Crippen LogP) is -8.30. The van der Waals surface area contributed by atoms with Crippen LogP contribution in [0.25, 0.3) is 0 Å². The summed E-state index contributed by atoms with van der Waals surface area (Å²) in [6.07, 6.45) is 0. The maximum absolute atomic E-state index is 10.5. The summed E-state index contributed by atoms with van der Waals surface area (Å²) < 4.78 is 62.7. The molecule has 1 aliphatic heterocycles. The van der Waals surface area contributed by atoms with Crippen LogP contribution in [-0.4, -0.2) is 86.5 Å². The first-order chi connectivity index (χ1) is 8.16. The van der Waals surface area contributed by atoms with Crippen LogP contribution in [0.3, 0.4) is 0 Å². The van der Waals surface area contributed by atoms with Gasteiger partial charge in [-0.1, -0.05) is 0 Å². The average Bonchev–Trinajstić information content (AvgIpc) is 2.23. The molecule has 0 amide bonds. The fourth-order valence-corrected chi connectivity index (χ4v) is 2.68. The summed E-state index contributed by atoms with van der Waals surface area (Å²) in [5.41, 5.74) is 0. The second-order valence-electron chi connectivity index (χ2n) is 4.21. The van der Waals surface area contributed by atoms with E-state index in [1.54, 1.807) is 0 Å². The SMILES string of the molecule is O=S(=O)([O-])CCN1CCN(CCS(=O)(=O)[O-])CC1.[Li+].[Li+]. The van der Waals surface area contributed by atoms with Gasteiger partial charge in [-0.25, -0.2) is 16.8 Å². The third kappa shape index (κ3) is 11.6. The summed E-state index contributed by atoms with van der Waals surface area (Å²) in [5, 5.41) is 0. The standard InChI is InChI=1S/C8H18N2O6S2.2Li/c11-17(12,13)7-5-9-1-2-10(4-3-9)6-8-18(14,15)16;;/h1-8H2,(H,11,12,13)(H,14,15,16);;/q;2*+1/p-2. The van der Waals surface area contributed by atoms with Gasteiger partial charge >= 0.3 is 37.7 Å². The third-order valence-corrected chi connectivity index (χ3v) is 4.15. The molecule has 0 N–H and O–H groups in total. The Hall–Kier alpha value is 0.935. The Morgan fingerprint density at radius 2 is 0.950 bits per heavy atom. The molecular formula is C8H16Li2N2O6S2. The van der Waals surface area contributed by atoms with Crippen LogP contribution in [0.4, 0.5) is 0 Å². The second kappa shape index (κ2) is 9.85. The summed E-state index contributed by atoms with van der Waals surface area (Å²) >= 11 is 0. The Kier molecular flexibility index (Phi) is 11.4. The molecule has 0 unspecified atom stereocenters. The minimum atomic E-state index is -4.19. The van der Waals surface area contributed by atoms with Gasteiger partial charge in [0.1, 0.15) is 0 Å². The van der Waals surface area contributed by atoms with E-state index in [-0.39, 0.29) is 50.8 Å². The van der Waals surface area contributed by atoms with Crippen molar-refractivity contribution in [2.24, 2.45) is 0 Å². The molecule has 20 heavy (non-hydrogen) atoms. The Labute approximate surface area is 144 Å². The molecule has 0 aromatic heterocycles. The Morgan fingerprint density at radius 3 is 1.15 bits per heavy atom. The number of rotatable bonds is 6. The van der Waals surface area contributed by atoms with Gasteiger partial charge in [0.25, 0.3) is 0 Å². The fourth-order valence-electron chi connectivity index (χ4n) is 1.72. The molecule has 108 valence electrons. The summed E-state index contributed by atoms with van der Waals surface area (Å²) in [6.45, 7) is 2.64. The van der Waals surface area contributed by atoms with Crippen LogP contribution in [0, 0.1) is 0 Å². The van der Waals surface area contributed by atoms with Gasteiger partial charge in [0, 0.05) is 39.3 Å². The van der Waals surface area contributed by atoms with E-state index in [0.29, 0.717) is 26.2 Å². The van der Waals surface area contributed by atoms with Crippen LogP contribution in [0.2, 0.25) is 0 Å². The zero-order valence-electron chi connectivity index (χ0n) is 11.8. The molecule has 0 radical (unpaired) electrons. The van der Waals surface area contributed by atoms with Crippen molar-refractivity contribution in [3.05, 3.63) is 0 Å². The van der Waals surface area contributed by atoms with Gasteiger partial charge in [0.15, 0.2) is 0 Å². The van der Waals surface area contributed by atoms with E-state index in [1.165, 1.54) is 0 Å². The topological polar surface area (TPSA) is 121 Å². The first-order valence-electron chi connectivity index (χ1n) is 5.47. The van der Waals surface area contributed by atoms with Gasteiger partial charge in [0.2, 0.25) is 0 Å². The first-order valence-corrected chi connectivity index (χ1v) is 8.63. The van der Waals surface area contributed by atoms with Crippen LogP contribution < -0.4 is 37.7 Å². The summed E-state index contributed by atoms with van der Waals surface area (Å²) in [7, 11) is -8.39. The molecule has 1 aliphatic rings. The predicted molar refractivity (Wildman–Crippen MR) is 62.0 cm³/mol. The smallest absolute Gasteiger partial charge is 0.748 e. The quantitative estimate of drug-likeness (QED) is 0.350. The number of piperazine rings is 1. The van der Waals surface area contributed by atoms with Gasteiger partial charge < -0.3 is 9.11 Å². The van der Waals surface area contributed by atoms with Gasteiger partial charge in [0.05, 0.1) is 31.7 Å². The third-order valence-electron chi connectivity index (χ3n) is 2.78. The molecule has 1 rings (SSSR count).